The molecular formula is C12H13F3N4. The van der Waals surface area contributed by atoms with Gasteiger partial charge in [-0.3, -0.25) is 4.68 Å². The van der Waals surface area contributed by atoms with Crippen molar-refractivity contribution in [3.8, 4) is 0 Å². The minimum absolute atomic E-state index is 0.438. The van der Waals surface area contributed by atoms with Gasteiger partial charge in [0.05, 0.1) is 5.56 Å². The van der Waals surface area contributed by atoms with Gasteiger partial charge in [-0.2, -0.15) is 18.3 Å². The Labute approximate surface area is 108 Å². The van der Waals surface area contributed by atoms with E-state index in [4.69, 9.17) is 0 Å². The number of halogens is 3. The minimum atomic E-state index is -4.34. The standard InChI is InChI=1S/C12H13F3N4/c13-12(14,15)10-3-4-11(17-9-10)16-5-1-7-19-8-2-6-18-19/h2-4,6,8-9H,1,5,7H2,(H,16,17). The average molecular weight is 270 g/mol. The third-order valence-electron chi connectivity index (χ3n) is 2.52. The van der Waals surface area contributed by atoms with Crippen molar-refractivity contribution in [2.24, 2.45) is 0 Å². The van der Waals surface area contributed by atoms with E-state index >= 15 is 0 Å². The monoisotopic (exact) mass is 270 g/mol. The molecule has 0 amide bonds. The van der Waals surface area contributed by atoms with Gasteiger partial charge in [-0.25, -0.2) is 4.98 Å². The number of aryl methyl sites for hydroxylation is 1. The van der Waals surface area contributed by atoms with Gasteiger partial charge in [0.2, 0.25) is 0 Å². The highest BCUT2D eigenvalue weighted by Crippen LogP contribution is 2.28. The Kier molecular flexibility index (Phi) is 4.03. The van der Waals surface area contributed by atoms with Crippen LogP contribution in [0.4, 0.5) is 19.0 Å². The molecule has 2 heterocycles. The third kappa shape index (κ3) is 3.97. The summed E-state index contributed by atoms with van der Waals surface area (Å²) in [6.07, 6.45) is 0.854. The van der Waals surface area contributed by atoms with E-state index in [1.54, 1.807) is 10.9 Å². The summed E-state index contributed by atoms with van der Waals surface area (Å²) in [5, 5.41) is 7.01. The van der Waals surface area contributed by atoms with E-state index in [0.717, 1.165) is 25.2 Å². The van der Waals surface area contributed by atoms with Crippen molar-refractivity contribution < 1.29 is 13.2 Å². The molecule has 2 aromatic heterocycles. The van der Waals surface area contributed by atoms with Crippen molar-refractivity contribution in [1.82, 2.24) is 14.8 Å². The molecule has 0 radical (unpaired) electrons. The van der Waals surface area contributed by atoms with E-state index in [9.17, 15) is 13.2 Å². The van der Waals surface area contributed by atoms with E-state index in [1.807, 2.05) is 12.3 Å². The Morgan fingerprint density at radius 3 is 2.68 bits per heavy atom. The number of nitrogens with zero attached hydrogens (tertiary/aromatic N) is 3. The van der Waals surface area contributed by atoms with Gasteiger partial charge in [-0.1, -0.05) is 0 Å². The van der Waals surface area contributed by atoms with Crippen molar-refractivity contribution in [2.75, 3.05) is 11.9 Å². The van der Waals surface area contributed by atoms with Crippen LogP contribution in [0, 0.1) is 0 Å². The van der Waals surface area contributed by atoms with Gasteiger partial charge < -0.3 is 5.32 Å². The number of alkyl halides is 3. The molecular weight excluding hydrogens is 257 g/mol. The van der Waals surface area contributed by atoms with Crippen LogP contribution in [0.5, 0.6) is 0 Å². The van der Waals surface area contributed by atoms with E-state index < -0.39 is 11.7 Å². The summed E-state index contributed by atoms with van der Waals surface area (Å²) in [7, 11) is 0. The first-order valence-corrected chi connectivity index (χ1v) is 5.80. The van der Waals surface area contributed by atoms with Crippen molar-refractivity contribution in [2.45, 2.75) is 19.1 Å². The Morgan fingerprint density at radius 1 is 1.26 bits per heavy atom. The zero-order chi connectivity index (χ0) is 13.7. The predicted octanol–water partition coefficient (Wildman–Crippen LogP) is 2.80. The second-order valence-corrected chi connectivity index (χ2v) is 3.98. The van der Waals surface area contributed by atoms with Crippen LogP contribution in [0.15, 0.2) is 36.8 Å². The van der Waals surface area contributed by atoms with Crippen LogP contribution in [0.1, 0.15) is 12.0 Å². The molecule has 4 nitrogen and oxygen atoms in total. The second kappa shape index (κ2) is 5.73. The molecule has 0 fully saturated rings. The number of hydrogen-bond acceptors (Lipinski definition) is 3. The topological polar surface area (TPSA) is 42.7 Å². The Bertz CT molecular complexity index is 491. The maximum Gasteiger partial charge on any atom is 0.417 e. The first-order valence-electron chi connectivity index (χ1n) is 5.80. The molecule has 0 saturated carbocycles. The summed E-state index contributed by atoms with van der Waals surface area (Å²) in [5.41, 5.74) is -0.741. The molecule has 0 aromatic carbocycles. The molecule has 7 heteroatoms. The lowest BCUT2D eigenvalue weighted by Crippen LogP contribution is -2.09. The van der Waals surface area contributed by atoms with E-state index in [2.05, 4.69) is 15.4 Å². The summed E-state index contributed by atoms with van der Waals surface area (Å²) < 4.78 is 38.7. The fourth-order valence-electron chi connectivity index (χ4n) is 1.56. The van der Waals surface area contributed by atoms with Gasteiger partial charge >= 0.3 is 6.18 Å². The summed E-state index contributed by atoms with van der Waals surface area (Å²) >= 11 is 0. The number of anilines is 1. The van der Waals surface area contributed by atoms with Crippen molar-refractivity contribution in [3.63, 3.8) is 0 Å². The molecule has 0 aliphatic heterocycles. The molecule has 2 aromatic rings. The van der Waals surface area contributed by atoms with Gasteiger partial charge in [0.15, 0.2) is 0 Å². The first-order chi connectivity index (χ1) is 9.05. The van der Waals surface area contributed by atoms with Crippen LogP contribution in [0.2, 0.25) is 0 Å². The highest BCUT2D eigenvalue weighted by molar-refractivity contribution is 5.35. The third-order valence-corrected chi connectivity index (χ3v) is 2.52. The zero-order valence-corrected chi connectivity index (χ0v) is 10.1. The van der Waals surface area contributed by atoms with E-state index in [1.165, 1.54) is 6.07 Å². The van der Waals surface area contributed by atoms with Crippen LogP contribution < -0.4 is 5.32 Å². The van der Waals surface area contributed by atoms with Crippen LogP contribution in [0.25, 0.3) is 0 Å². The van der Waals surface area contributed by atoms with E-state index in [-0.39, 0.29) is 0 Å². The average Bonchev–Trinajstić information content (AvgIpc) is 2.87. The molecule has 0 atom stereocenters. The lowest BCUT2D eigenvalue weighted by molar-refractivity contribution is -0.137. The van der Waals surface area contributed by atoms with Gasteiger partial charge in [0.25, 0.3) is 0 Å². The summed E-state index contributed by atoms with van der Waals surface area (Å²) in [6, 6.07) is 4.18. The van der Waals surface area contributed by atoms with Gasteiger partial charge in [0.1, 0.15) is 5.82 Å². The fraction of sp³-hybridized carbons (Fsp3) is 0.333. The first kappa shape index (κ1) is 13.4. The Hall–Kier alpha value is -2.05. The Balaban J connectivity index is 1.77. The van der Waals surface area contributed by atoms with Crippen LogP contribution in [0.3, 0.4) is 0 Å². The predicted molar refractivity (Wildman–Crippen MR) is 64.6 cm³/mol. The molecule has 0 unspecified atom stereocenters. The molecule has 102 valence electrons. The van der Waals surface area contributed by atoms with Crippen molar-refractivity contribution in [3.05, 3.63) is 42.4 Å². The lowest BCUT2D eigenvalue weighted by Gasteiger charge is -2.08. The SMILES string of the molecule is FC(F)(F)c1ccc(NCCCn2cccn2)nc1. The summed E-state index contributed by atoms with van der Waals surface area (Å²) in [5.74, 6) is 0.438. The van der Waals surface area contributed by atoms with Crippen LogP contribution in [-0.4, -0.2) is 21.3 Å². The number of hydrogen-bond donors (Lipinski definition) is 1. The van der Waals surface area contributed by atoms with Gasteiger partial charge in [-0.15, -0.1) is 0 Å². The molecule has 0 saturated heterocycles. The zero-order valence-electron chi connectivity index (χ0n) is 10.1. The molecule has 19 heavy (non-hydrogen) atoms. The number of rotatable bonds is 5. The largest absolute Gasteiger partial charge is 0.417 e. The summed E-state index contributed by atoms with van der Waals surface area (Å²) in [6.45, 7) is 1.37. The molecule has 2 rings (SSSR count). The summed E-state index contributed by atoms with van der Waals surface area (Å²) in [4.78, 5) is 3.73. The second-order valence-electron chi connectivity index (χ2n) is 3.98. The molecule has 0 aliphatic rings. The highest BCUT2D eigenvalue weighted by Gasteiger charge is 2.30. The van der Waals surface area contributed by atoms with E-state index in [0.29, 0.717) is 12.4 Å². The van der Waals surface area contributed by atoms with Crippen molar-refractivity contribution >= 4 is 5.82 Å². The number of pyridine rings is 1. The van der Waals surface area contributed by atoms with Gasteiger partial charge in [0, 0.05) is 31.7 Å². The number of aromatic nitrogens is 3. The maximum atomic E-state index is 12.3. The Morgan fingerprint density at radius 2 is 2.11 bits per heavy atom. The normalized spacial score (nSPS) is 11.5. The van der Waals surface area contributed by atoms with Crippen molar-refractivity contribution in [1.29, 1.82) is 0 Å². The quantitative estimate of drug-likeness (QED) is 0.849. The van der Waals surface area contributed by atoms with Crippen LogP contribution in [-0.2, 0) is 12.7 Å². The van der Waals surface area contributed by atoms with Crippen LogP contribution >= 0.6 is 0 Å². The highest BCUT2D eigenvalue weighted by atomic mass is 19.4. The van der Waals surface area contributed by atoms with Gasteiger partial charge in [-0.05, 0) is 24.6 Å². The molecule has 0 spiro atoms. The molecule has 1 N–H and O–H groups in total. The fourth-order valence-corrected chi connectivity index (χ4v) is 1.56. The molecule has 0 bridgehead atoms. The maximum absolute atomic E-state index is 12.3. The smallest absolute Gasteiger partial charge is 0.370 e. The number of nitrogens with one attached hydrogen (secondary N) is 1. The lowest BCUT2D eigenvalue weighted by atomic mass is 10.3. The molecule has 0 aliphatic carbocycles. The minimum Gasteiger partial charge on any atom is -0.370 e.